The first-order chi connectivity index (χ1) is 19.8. The van der Waals surface area contributed by atoms with Gasteiger partial charge in [-0.1, -0.05) is 97.1 Å². The fraction of sp³-hybridized carbons (Fsp3) is 0.0270. The molecule has 0 amide bonds. The van der Waals surface area contributed by atoms with Gasteiger partial charge < -0.3 is 9.13 Å². The predicted molar refractivity (Wildman–Crippen MR) is 170 cm³/mol. The first kappa shape index (κ1) is 20.9. The lowest BCUT2D eigenvalue weighted by molar-refractivity contribution is 1.15. The van der Waals surface area contributed by atoms with Gasteiger partial charge >= 0.3 is 0 Å². The molecule has 0 N–H and O–H groups in total. The van der Waals surface area contributed by atoms with Gasteiger partial charge in [0, 0.05) is 38.4 Å². The molecule has 184 valence electrons. The van der Waals surface area contributed by atoms with Crippen molar-refractivity contribution < 1.29 is 0 Å². The van der Waals surface area contributed by atoms with Gasteiger partial charge in [0.25, 0.3) is 6.71 Å². The highest BCUT2D eigenvalue weighted by Crippen LogP contribution is 2.41. The Morgan fingerprint density at radius 3 is 2.05 bits per heavy atom. The van der Waals surface area contributed by atoms with Crippen molar-refractivity contribution in [3.8, 4) is 22.5 Å². The lowest BCUT2D eigenvalue weighted by Gasteiger charge is -2.34. The van der Waals surface area contributed by atoms with Crippen molar-refractivity contribution in [3.63, 3.8) is 0 Å². The van der Waals surface area contributed by atoms with Gasteiger partial charge in [0.1, 0.15) is 0 Å². The number of hydrogen-bond acceptors (Lipinski definition) is 0. The molecule has 2 aliphatic rings. The second-order valence-electron chi connectivity index (χ2n) is 11.4. The number of fused-ring (bicyclic) bond motifs is 11. The maximum absolute atomic E-state index is 2.56. The molecule has 0 saturated heterocycles. The van der Waals surface area contributed by atoms with Crippen molar-refractivity contribution in [1.82, 2.24) is 9.13 Å². The monoisotopic (exact) mass is 506 g/mol. The zero-order valence-corrected chi connectivity index (χ0v) is 22.0. The Hall–Kier alpha value is -5.02. The summed E-state index contributed by atoms with van der Waals surface area (Å²) >= 11 is 0. The molecule has 4 heterocycles. The standard InChI is InChI=1S/C37H23BN2/c1-22-20-33-35-37-34(22)27-13-6-8-17-31(27)39(37)32-21-24(23-10-3-2-4-11-23)18-19-28(32)38(35)29-15-9-14-26-25-12-5-7-16-30(25)40(33)36(26)29/h2-21H,1H3. The zero-order chi connectivity index (χ0) is 26.1. The van der Waals surface area contributed by atoms with E-state index in [9.17, 15) is 0 Å². The molecular formula is C37H23BN2. The van der Waals surface area contributed by atoms with Crippen molar-refractivity contribution >= 4 is 66.7 Å². The summed E-state index contributed by atoms with van der Waals surface area (Å²) in [6.07, 6.45) is 0. The van der Waals surface area contributed by atoms with E-state index in [1.165, 1.54) is 88.1 Å². The summed E-state index contributed by atoms with van der Waals surface area (Å²) in [5.74, 6) is 0. The van der Waals surface area contributed by atoms with Gasteiger partial charge in [-0.15, -0.1) is 0 Å². The van der Waals surface area contributed by atoms with E-state index in [4.69, 9.17) is 0 Å². The summed E-state index contributed by atoms with van der Waals surface area (Å²) < 4.78 is 5.11. The van der Waals surface area contributed by atoms with Crippen LogP contribution in [0.4, 0.5) is 0 Å². The van der Waals surface area contributed by atoms with E-state index < -0.39 is 0 Å². The van der Waals surface area contributed by atoms with Crippen LogP contribution < -0.4 is 16.4 Å². The summed E-state index contributed by atoms with van der Waals surface area (Å²) in [5, 5.41) is 5.37. The molecule has 2 aliphatic heterocycles. The maximum Gasteiger partial charge on any atom is 0.252 e. The molecule has 3 heteroatoms. The Bertz CT molecular complexity index is 2390. The van der Waals surface area contributed by atoms with Crippen LogP contribution in [0.25, 0.3) is 66.1 Å². The minimum absolute atomic E-state index is 0.176. The molecule has 0 unspecified atom stereocenters. The van der Waals surface area contributed by atoms with Gasteiger partial charge in [-0.2, -0.15) is 0 Å². The van der Waals surface area contributed by atoms with E-state index in [1.807, 2.05) is 0 Å². The highest BCUT2D eigenvalue weighted by atomic mass is 15.0. The fourth-order valence-electron chi connectivity index (χ4n) is 7.89. The van der Waals surface area contributed by atoms with E-state index >= 15 is 0 Å². The van der Waals surface area contributed by atoms with Crippen LogP contribution in [0.3, 0.4) is 0 Å². The second kappa shape index (κ2) is 7.14. The fourth-order valence-corrected chi connectivity index (χ4v) is 7.89. The summed E-state index contributed by atoms with van der Waals surface area (Å²) in [7, 11) is 0. The number of benzene rings is 6. The smallest absolute Gasteiger partial charge is 0.252 e. The molecule has 0 aliphatic carbocycles. The number of para-hydroxylation sites is 3. The van der Waals surface area contributed by atoms with Gasteiger partial charge in [0.05, 0.1) is 16.6 Å². The third kappa shape index (κ3) is 2.34. The highest BCUT2D eigenvalue weighted by molar-refractivity contribution is 7.00. The molecule has 8 aromatic rings. The SMILES string of the molecule is Cc1cc2c3c4c1c1ccccc1n4-c1cc(-c4ccccc4)ccc1B3c1cccc3c4ccccc4n-2c13. The lowest BCUT2D eigenvalue weighted by atomic mass is 9.34. The van der Waals surface area contributed by atoms with Crippen LogP contribution >= 0.6 is 0 Å². The van der Waals surface area contributed by atoms with E-state index in [0.717, 1.165) is 0 Å². The third-order valence-electron chi connectivity index (χ3n) is 9.41. The molecule has 0 fully saturated rings. The molecule has 10 rings (SSSR count). The Morgan fingerprint density at radius 1 is 0.500 bits per heavy atom. The summed E-state index contributed by atoms with van der Waals surface area (Å²) in [4.78, 5) is 0. The van der Waals surface area contributed by atoms with Crippen LogP contribution in [-0.4, -0.2) is 15.8 Å². The normalized spacial score (nSPS) is 13.1. The van der Waals surface area contributed by atoms with Crippen molar-refractivity contribution in [3.05, 3.63) is 127 Å². The molecule has 0 spiro atoms. The van der Waals surface area contributed by atoms with Crippen molar-refractivity contribution in [2.45, 2.75) is 6.92 Å². The molecule has 40 heavy (non-hydrogen) atoms. The van der Waals surface area contributed by atoms with Crippen LogP contribution in [0.2, 0.25) is 0 Å². The molecule has 0 radical (unpaired) electrons. The lowest BCUT2D eigenvalue weighted by Crippen LogP contribution is -2.59. The Labute approximate surface area is 231 Å². The molecule has 0 atom stereocenters. The van der Waals surface area contributed by atoms with Gasteiger partial charge in [0.2, 0.25) is 0 Å². The third-order valence-corrected chi connectivity index (χ3v) is 9.41. The van der Waals surface area contributed by atoms with Crippen LogP contribution in [0.5, 0.6) is 0 Å². The van der Waals surface area contributed by atoms with Gasteiger partial charge in [-0.3, -0.25) is 0 Å². The minimum Gasteiger partial charge on any atom is -0.310 e. The van der Waals surface area contributed by atoms with Crippen molar-refractivity contribution in [1.29, 1.82) is 0 Å². The molecule has 2 aromatic heterocycles. The van der Waals surface area contributed by atoms with Gasteiger partial charge in [0.15, 0.2) is 0 Å². The first-order valence-electron chi connectivity index (χ1n) is 14.1. The number of nitrogens with zero attached hydrogens (tertiary/aromatic N) is 2. The number of aromatic nitrogens is 2. The topological polar surface area (TPSA) is 9.86 Å². The maximum atomic E-state index is 2.56. The summed E-state index contributed by atoms with van der Waals surface area (Å²) in [6.45, 7) is 2.47. The van der Waals surface area contributed by atoms with Crippen LogP contribution in [-0.2, 0) is 0 Å². The average Bonchev–Trinajstić information content (AvgIpc) is 3.54. The van der Waals surface area contributed by atoms with Crippen LogP contribution in [0.15, 0.2) is 121 Å². The number of rotatable bonds is 1. The van der Waals surface area contributed by atoms with Gasteiger partial charge in [-0.25, -0.2) is 0 Å². The number of hydrogen-bond donors (Lipinski definition) is 0. The van der Waals surface area contributed by atoms with Crippen LogP contribution in [0, 0.1) is 6.92 Å². The molecular weight excluding hydrogens is 483 g/mol. The van der Waals surface area contributed by atoms with E-state index in [1.54, 1.807) is 0 Å². The average molecular weight is 506 g/mol. The Balaban J connectivity index is 1.46. The number of aryl methyl sites for hydroxylation is 1. The van der Waals surface area contributed by atoms with E-state index in [2.05, 4.69) is 137 Å². The quantitative estimate of drug-likeness (QED) is 0.212. The van der Waals surface area contributed by atoms with Crippen molar-refractivity contribution in [2.75, 3.05) is 0 Å². The molecule has 2 nitrogen and oxygen atoms in total. The van der Waals surface area contributed by atoms with Crippen molar-refractivity contribution in [2.24, 2.45) is 0 Å². The molecule has 0 saturated carbocycles. The Kier molecular flexibility index (Phi) is 3.73. The summed E-state index contributed by atoms with van der Waals surface area (Å²) in [5.41, 5.74) is 15.9. The first-order valence-corrected chi connectivity index (χ1v) is 14.1. The predicted octanol–water partition coefficient (Wildman–Crippen LogP) is 7.00. The van der Waals surface area contributed by atoms with E-state index in [0.29, 0.717) is 0 Å². The van der Waals surface area contributed by atoms with E-state index in [-0.39, 0.29) is 6.71 Å². The zero-order valence-electron chi connectivity index (χ0n) is 22.0. The van der Waals surface area contributed by atoms with Crippen LogP contribution in [0.1, 0.15) is 5.56 Å². The second-order valence-corrected chi connectivity index (χ2v) is 11.4. The Morgan fingerprint density at radius 2 is 1.20 bits per heavy atom. The minimum atomic E-state index is 0.176. The molecule has 0 bridgehead atoms. The highest BCUT2D eigenvalue weighted by Gasteiger charge is 2.41. The van der Waals surface area contributed by atoms with Gasteiger partial charge in [-0.05, 0) is 64.3 Å². The summed E-state index contributed by atoms with van der Waals surface area (Å²) in [6, 6.07) is 45.1. The largest absolute Gasteiger partial charge is 0.310 e. The molecule has 6 aromatic carbocycles.